The van der Waals surface area contributed by atoms with Crippen molar-refractivity contribution in [1.82, 2.24) is 19.9 Å². The van der Waals surface area contributed by atoms with Crippen LogP contribution in [0.4, 0.5) is 15.9 Å². The lowest BCUT2D eigenvalue weighted by molar-refractivity contribution is -0.119. The molecule has 1 amide bonds. The number of aromatic nitrogens is 3. The summed E-state index contributed by atoms with van der Waals surface area (Å²) in [7, 11) is 0. The molecule has 5 heterocycles. The number of hydrogen-bond acceptors (Lipinski definition) is 5. The summed E-state index contributed by atoms with van der Waals surface area (Å²) in [4.78, 5) is 22.0. The predicted molar refractivity (Wildman–Crippen MR) is 116 cm³/mol. The third-order valence-corrected chi connectivity index (χ3v) is 6.74. The van der Waals surface area contributed by atoms with Gasteiger partial charge < -0.3 is 15.1 Å². The van der Waals surface area contributed by atoms with Crippen molar-refractivity contribution in [3.63, 3.8) is 0 Å². The van der Waals surface area contributed by atoms with E-state index in [2.05, 4.69) is 15.3 Å². The molecule has 1 aromatic carbocycles. The molecule has 1 saturated heterocycles. The maximum atomic E-state index is 13.5. The summed E-state index contributed by atoms with van der Waals surface area (Å²) in [5, 5.41) is 7.99. The van der Waals surface area contributed by atoms with Gasteiger partial charge in [0.05, 0.1) is 11.9 Å². The lowest BCUT2D eigenvalue weighted by atomic mass is 9.94. The molecule has 0 saturated carbocycles. The van der Waals surface area contributed by atoms with Crippen molar-refractivity contribution in [2.75, 3.05) is 42.5 Å². The van der Waals surface area contributed by atoms with Gasteiger partial charge >= 0.3 is 0 Å². The molecular formula is C23H25FN6O. The number of hydrogen-bond donors (Lipinski definition) is 1. The van der Waals surface area contributed by atoms with Gasteiger partial charge in [-0.15, -0.1) is 0 Å². The van der Waals surface area contributed by atoms with Crippen LogP contribution in [0.15, 0.2) is 30.5 Å². The third kappa shape index (κ3) is 3.17. The van der Waals surface area contributed by atoms with E-state index in [1.54, 1.807) is 18.3 Å². The zero-order chi connectivity index (χ0) is 20.9. The Morgan fingerprint density at radius 2 is 2.03 bits per heavy atom. The molecule has 6 rings (SSSR count). The highest BCUT2D eigenvalue weighted by atomic mass is 19.1. The first-order chi connectivity index (χ1) is 15.2. The Balaban J connectivity index is 1.19. The van der Waals surface area contributed by atoms with Crippen molar-refractivity contribution < 1.29 is 9.18 Å². The minimum absolute atomic E-state index is 0.136. The Morgan fingerprint density at radius 1 is 1.16 bits per heavy atom. The highest BCUT2D eigenvalue weighted by Gasteiger charge is 2.35. The van der Waals surface area contributed by atoms with E-state index in [0.29, 0.717) is 18.9 Å². The topological polar surface area (TPSA) is 65.8 Å². The molecule has 3 aromatic rings. The van der Waals surface area contributed by atoms with Gasteiger partial charge in [0.15, 0.2) is 5.65 Å². The van der Waals surface area contributed by atoms with Crippen molar-refractivity contribution in [3.05, 3.63) is 53.1 Å². The molecule has 2 aromatic heterocycles. The van der Waals surface area contributed by atoms with Gasteiger partial charge in [-0.25, -0.2) is 9.37 Å². The van der Waals surface area contributed by atoms with Crippen LogP contribution in [0.2, 0.25) is 0 Å². The number of nitrogens with zero attached hydrogens (tertiary/aromatic N) is 5. The number of carbonyl (C=O) groups excluding carboxylic acids is 1. The second kappa shape index (κ2) is 7.30. The normalized spacial score (nSPS) is 18.6. The summed E-state index contributed by atoms with van der Waals surface area (Å²) in [6, 6.07) is 6.68. The Kier molecular flexibility index (Phi) is 4.41. The maximum absolute atomic E-state index is 13.5. The minimum atomic E-state index is -0.237. The molecule has 0 aliphatic carbocycles. The number of benzene rings is 1. The zero-order valence-corrected chi connectivity index (χ0v) is 17.4. The maximum Gasteiger partial charge on any atom is 0.227 e. The van der Waals surface area contributed by atoms with E-state index in [1.165, 1.54) is 11.6 Å². The van der Waals surface area contributed by atoms with Gasteiger partial charge in [-0.3, -0.25) is 4.79 Å². The fourth-order valence-electron chi connectivity index (χ4n) is 5.20. The molecule has 7 nitrogen and oxygen atoms in total. The summed E-state index contributed by atoms with van der Waals surface area (Å²) in [5.74, 6) is 1.35. The van der Waals surface area contributed by atoms with Crippen LogP contribution in [0.25, 0.3) is 5.65 Å². The van der Waals surface area contributed by atoms with Crippen LogP contribution in [-0.4, -0.2) is 53.2 Å². The fraction of sp³-hybridized carbons (Fsp3) is 0.435. The Hall–Kier alpha value is -3.00. The van der Waals surface area contributed by atoms with E-state index in [4.69, 9.17) is 4.98 Å². The number of rotatable bonds is 3. The first-order valence-corrected chi connectivity index (χ1v) is 11.1. The van der Waals surface area contributed by atoms with Crippen molar-refractivity contribution in [2.24, 2.45) is 5.92 Å². The van der Waals surface area contributed by atoms with E-state index >= 15 is 0 Å². The molecule has 1 fully saturated rings. The average Bonchev–Trinajstić information content (AvgIpc) is 3.29. The van der Waals surface area contributed by atoms with Gasteiger partial charge in [-0.2, -0.15) is 9.61 Å². The smallest absolute Gasteiger partial charge is 0.227 e. The van der Waals surface area contributed by atoms with Gasteiger partial charge in [0.25, 0.3) is 0 Å². The summed E-state index contributed by atoms with van der Waals surface area (Å²) in [6.45, 7) is 4.22. The van der Waals surface area contributed by atoms with Crippen molar-refractivity contribution in [3.8, 4) is 0 Å². The number of amides is 1. The Morgan fingerprint density at radius 3 is 2.94 bits per heavy atom. The molecule has 0 spiro atoms. The fourth-order valence-corrected chi connectivity index (χ4v) is 5.20. The van der Waals surface area contributed by atoms with Crippen molar-refractivity contribution >= 4 is 23.1 Å². The minimum Gasteiger partial charge on any atom is -0.355 e. The summed E-state index contributed by atoms with van der Waals surface area (Å²) < 4.78 is 15.4. The molecule has 8 heteroatoms. The standard InChI is InChI=1S/C23H25FN6O/c24-17-1-2-20-16(12-17)6-10-29(20)22(31)11-15-13-28(14-15)23-18-3-7-25-8-4-19(18)27-21-5-9-26-30(21)23/h1-2,5,9,12,15,25H,3-4,6-8,10-11,13-14H2. The van der Waals surface area contributed by atoms with E-state index in [-0.39, 0.29) is 11.7 Å². The largest absolute Gasteiger partial charge is 0.355 e. The molecule has 0 atom stereocenters. The molecule has 3 aliphatic heterocycles. The molecule has 0 bridgehead atoms. The van der Waals surface area contributed by atoms with Crippen LogP contribution < -0.4 is 15.1 Å². The second-order valence-corrected chi connectivity index (χ2v) is 8.76. The molecular weight excluding hydrogens is 395 g/mol. The lowest BCUT2D eigenvalue weighted by Crippen LogP contribution is -2.50. The number of nitrogens with one attached hydrogen (secondary N) is 1. The van der Waals surface area contributed by atoms with Crippen molar-refractivity contribution in [2.45, 2.75) is 25.7 Å². The van der Waals surface area contributed by atoms with E-state index < -0.39 is 0 Å². The number of halogens is 1. The molecule has 0 unspecified atom stereocenters. The summed E-state index contributed by atoms with van der Waals surface area (Å²) in [6.07, 6.45) is 4.91. The first kappa shape index (κ1) is 18.7. The van der Waals surface area contributed by atoms with Gasteiger partial charge in [0.1, 0.15) is 11.6 Å². The van der Waals surface area contributed by atoms with Crippen LogP contribution >= 0.6 is 0 Å². The Labute approximate surface area is 179 Å². The van der Waals surface area contributed by atoms with E-state index in [9.17, 15) is 9.18 Å². The molecule has 0 radical (unpaired) electrons. The van der Waals surface area contributed by atoms with Gasteiger partial charge in [-0.1, -0.05) is 0 Å². The van der Waals surface area contributed by atoms with Gasteiger partial charge in [0, 0.05) is 62.3 Å². The van der Waals surface area contributed by atoms with Crippen LogP contribution in [0, 0.1) is 11.7 Å². The second-order valence-electron chi connectivity index (χ2n) is 8.76. The van der Waals surface area contributed by atoms with E-state index in [0.717, 1.165) is 73.9 Å². The Bertz CT molecular complexity index is 1170. The lowest BCUT2D eigenvalue weighted by Gasteiger charge is -2.42. The molecule has 31 heavy (non-hydrogen) atoms. The van der Waals surface area contributed by atoms with E-state index in [1.807, 2.05) is 15.5 Å². The molecule has 160 valence electrons. The SMILES string of the molecule is O=C(CC1CN(c2c3c(nc4ccnn24)CCNCC3)C1)N1CCc2cc(F)ccc21. The molecule has 1 N–H and O–H groups in total. The average molecular weight is 420 g/mol. The third-order valence-electron chi connectivity index (χ3n) is 6.74. The number of anilines is 2. The van der Waals surface area contributed by atoms with Crippen LogP contribution in [0.5, 0.6) is 0 Å². The van der Waals surface area contributed by atoms with Crippen LogP contribution in [0.1, 0.15) is 23.2 Å². The zero-order valence-electron chi connectivity index (χ0n) is 17.4. The van der Waals surface area contributed by atoms with Crippen LogP contribution in [-0.2, 0) is 24.1 Å². The van der Waals surface area contributed by atoms with Gasteiger partial charge in [0.2, 0.25) is 5.91 Å². The number of fused-ring (bicyclic) bond motifs is 3. The van der Waals surface area contributed by atoms with Gasteiger partial charge in [-0.05, 0) is 43.1 Å². The summed E-state index contributed by atoms with van der Waals surface area (Å²) in [5.41, 5.74) is 5.12. The highest BCUT2D eigenvalue weighted by molar-refractivity contribution is 5.95. The summed E-state index contributed by atoms with van der Waals surface area (Å²) >= 11 is 0. The number of carbonyl (C=O) groups is 1. The van der Waals surface area contributed by atoms with Crippen molar-refractivity contribution in [1.29, 1.82) is 0 Å². The van der Waals surface area contributed by atoms with Crippen LogP contribution in [0.3, 0.4) is 0 Å². The molecule has 3 aliphatic rings. The monoisotopic (exact) mass is 420 g/mol. The first-order valence-electron chi connectivity index (χ1n) is 11.1. The highest BCUT2D eigenvalue weighted by Crippen LogP contribution is 2.34. The quantitative estimate of drug-likeness (QED) is 0.702. The predicted octanol–water partition coefficient (Wildman–Crippen LogP) is 1.97.